The van der Waals surface area contributed by atoms with Crippen molar-refractivity contribution in [1.29, 1.82) is 0 Å². The summed E-state index contributed by atoms with van der Waals surface area (Å²) in [6.07, 6.45) is 0.861. The third-order valence-electron chi connectivity index (χ3n) is 1.84. The van der Waals surface area contributed by atoms with E-state index in [2.05, 4.69) is 31.0 Å². The Labute approximate surface area is 90.0 Å². The van der Waals surface area contributed by atoms with Crippen molar-refractivity contribution >= 4 is 5.97 Å². The molecule has 0 fully saturated rings. The van der Waals surface area contributed by atoms with Crippen molar-refractivity contribution < 1.29 is 9.53 Å². The van der Waals surface area contributed by atoms with E-state index in [4.69, 9.17) is 4.74 Å². The molecule has 1 aromatic heterocycles. The number of carbonyl (C=O) groups is 1. The summed E-state index contributed by atoms with van der Waals surface area (Å²) < 4.78 is 4.85. The molecule has 1 aromatic rings. The summed E-state index contributed by atoms with van der Waals surface area (Å²) in [6, 6.07) is 1.75. The molecular formula is C11H18N2O2. The molecule has 1 N–H and O–H groups in total. The Morgan fingerprint density at radius 3 is 2.73 bits per heavy atom. The van der Waals surface area contributed by atoms with Gasteiger partial charge in [0.1, 0.15) is 0 Å². The van der Waals surface area contributed by atoms with Crippen molar-refractivity contribution in [2.75, 3.05) is 6.61 Å². The normalized spacial score (nSPS) is 11.5. The lowest BCUT2D eigenvalue weighted by Crippen LogP contribution is -2.09. The lowest BCUT2D eigenvalue weighted by molar-refractivity contribution is 0.0519. The van der Waals surface area contributed by atoms with Crippen LogP contribution in [0.1, 0.15) is 43.9 Å². The minimum absolute atomic E-state index is 0.179. The number of nitrogens with one attached hydrogen (secondary N) is 1. The molecule has 1 heterocycles. The van der Waals surface area contributed by atoms with Crippen molar-refractivity contribution in [1.82, 2.24) is 10.2 Å². The van der Waals surface area contributed by atoms with Crippen LogP contribution in [0, 0.1) is 5.41 Å². The number of rotatable bonds is 3. The average Bonchev–Trinajstić information content (AvgIpc) is 2.50. The van der Waals surface area contributed by atoms with Gasteiger partial charge in [0.05, 0.1) is 6.61 Å². The third kappa shape index (κ3) is 3.73. The van der Waals surface area contributed by atoms with E-state index >= 15 is 0 Å². The average molecular weight is 210 g/mol. The Morgan fingerprint density at radius 2 is 2.20 bits per heavy atom. The van der Waals surface area contributed by atoms with Crippen LogP contribution < -0.4 is 0 Å². The first-order valence-electron chi connectivity index (χ1n) is 5.14. The van der Waals surface area contributed by atoms with Gasteiger partial charge in [0.2, 0.25) is 0 Å². The Kier molecular flexibility index (Phi) is 3.50. The van der Waals surface area contributed by atoms with Crippen LogP contribution in [0.5, 0.6) is 0 Å². The highest BCUT2D eigenvalue weighted by Crippen LogP contribution is 2.19. The van der Waals surface area contributed by atoms with E-state index in [9.17, 15) is 4.79 Å². The van der Waals surface area contributed by atoms with Gasteiger partial charge in [0, 0.05) is 5.69 Å². The minimum atomic E-state index is -0.367. The molecule has 0 saturated heterocycles. The van der Waals surface area contributed by atoms with Crippen LogP contribution in [-0.4, -0.2) is 22.8 Å². The van der Waals surface area contributed by atoms with Gasteiger partial charge in [-0.05, 0) is 24.8 Å². The maximum absolute atomic E-state index is 11.3. The molecule has 4 nitrogen and oxygen atoms in total. The summed E-state index contributed by atoms with van der Waals surface area (Å²) in [6.45, 7) is 8.56. The maximum Gasteiger partial charge on any atom is 0.358 e. The Morgan fingerprint density at radius 1 is 1.53 bits per heavy atom. The minimum Gasteiger partial charge on any atom is -0.461 e. The van der Waals surface area contributed by atoms with Gasteiger partial charge >= 0.3 is 5.97 Å². The largest absolute Gasteiger partial charge is 0.461 e. The molecule has 4 heteroatoms. The van der Waals surface area contributed by atoms with E-state index in [0.717, 1.165) is 12.1 Å². The molecule has 0 saturated carbocycles. The van der Waals surface area contributed by atoms with Crippen molar-refractivity contribution in [3.05, 3.63) is 17.5 Å². The number of hydrogen-bond acceptors (Lipinski definition) is 3. The van der Waals surface area contributed by atoms with Gasteiger partial charge in [-0.15, -0.1) is 0 Å². The second kappa shape index (κ2) is 4.47. The number of nitrogens with zero attached hydrogens (tertiary/aromatic N) is 1. The van der Waals surface area contributed by atoms with E-state index in [1.165, 1.54) is 0 Å². The van der Waals surface area contributed by atoms with Crippen LogP contribution in [0.25, 0.3) is 0 Å². The van der Waals surface area contributed by atoms with Crippen LogP contribution in [0.2, 0.25) is 0 Å². The number of hydrogen-bond donors (Lipinski definition) is 1. The number of aromatic amines is 1. The van der Waals surface area contributed by atoms with Crippen molar-refractivity contribution in [2.45, 2.75) is 34.1 Å². The summed E-state index contributed by atoms with van der Waals surface area (Å²) >= 11 is 0. The summed E-state index contributed by atoms with van der Waals surface area (Å²) in [5.41, 5.74) is 1.50. The van der Waals surface area contributed by atoms with Gasteiger partial charge in [-0.1, -0.05) is 20.8 Å². The predicted octanol–water partition coefficient (Wildman–Crippen LogP) is 2.18. The molecule has 0 aliphatic rings. The van der Waals surface area contributed by atoms with E-state index in [1.54, 1.807) is 13.0 Å². The fourth-order valence-corrected chi connectivity index (χ4v) is 1.33. The van der Waals surface area contributed by atoms with Gasteiger partial charge in [-0.25, -0.2) is 4.79 Å². The topological polar surface area (TPSA) is 55.0 Å². The molecule has 0 radical (unpaired) electrons. The van der Waals surface area contributed by atoms with E-state index in [0.29, 0.717) is 12.3 Å². The molecule has 84 valence electrons. The van der Waals surface area contributed by atoms with E-state index in [1.807, 2.05) is 0 Å². The third-order valence-corrected chi connectivity index (χ3v) is 1.84. The zero-order valence-corrected chi connectivity index (χ0v) is 9.76. The fourth-order valence-electron chi connectivity index (χ4n) is 1.33. The van der Waals surface area contributed by atoms with Crippen molar-refractivity contribution in [3.63, 3.8) is 0 Å². The number of H-pyrrole nitrogens is 1. The quantitative estimate of drug-likeness (QED) is 0.778. The van der Waals surface area contributed by atoms with Crippen molar-refractivity contribution in [3.8, 4) is 0 Å². The Balaban J connectivity index is 2.68. The number of carbonyl (C=O) groups excluding carboxylic acids is 1. The van der Waals surface area contributed by atoms with E-state index in [-0.39, 0.29) is 11.4 Å². The molecule has 1 rings (SSSR count). The molecule has 0 aliphatic heterocycles. The molecule has 0 amide bonds. The molecule has 0 aliphatic carbocycles. The first-order chi connectivity index (χ1) is 6.92. The molecule has 0 bridgehead atoms. The molecule has 0 spiro atoms. The van der Waals surface area contributed by atoms with E-state index < -0.39 is 0 Å². The monoisotopic (exact) mass is 210 g/mol. The number of aromatic nitrogens is 2. The SMILES string of the molecule is CCOC(=O)c1cc(CC(C)(C)C)[nH]n1. The number of ether oxygens (including phenoxy) is 1. The predicted molar refractivity (Wildman–Crippen MR) is 57.7 cm³/mol. The molecule has 0 aromatic carbocycles. The van der Waals surface area contributed by atoms with Crippen LogP contribution in [0.15, 0.2) is 6.07 Å². The van der Waals surface area contributed by atoms with Gasteiger partial charge < -0.3 is 4.74 Å². The van der Waals surface area contributed by atoms with Gasteiger partial charge in [0.25, 0.3) is 0 Å². The summed E-state index contributed by atoms with van der Waals surface area (Å²) in [5, 5.41) is 6.77. The standard InChI is InChI=1S/C11H18N2O2/c1-5-15-10(14)9-6-8(12-13-9)7-11(2,3)4/h6H,5,7H2,1-4H3,(H,12,13). The molecule has 0 unspecified atom stereocenters. The lowest BCUT2D eigenvalue weighted by Gasteiger charge is -2.15. The highest BCUT2D eigenvalue weighted by molar-refractivity contribution is 5.87. The fraction of sp³-hybridized carbons (Fsp3) is 0.636. The lowest BCUT2D eigenvalue weighted by atomic mass is 9.90. The zero-order valence-electron chi connectivity index (χ0n) is 9.76. The smallest absolute Gasteiger partial charge is 0.358 e. The van der Waals surface area contributed by atoms with Gasteiger partial charge in [0.15, 0.2) is 5.69 Å². The van der Waals surface area contributed by atoms with Crippen LogP contribution in [-0.2, 0) is 11.2 Å². The summed E-state index contributed by atoms with van der Waals surface area (Å²) in [4.78, 5) is 11.3. The first kappa shape index (κ1) is 11.8. The Hall–Kier alpha value is -1.32. The maximum atomic E-state index is 11.3. The molecule has 15 heavy (non-hydrogen) atoms. The second-order valence-corrected chi connectivity index (χ2v) is 4.74. The summed E-state index contributed by atoms with van der Waals surface area (Å²) in [5.74, 6) is -0.367. The summed E-state index contributed by atoms with van der Waals surface area (Å²) in [7, 11) is 0. The molecular weight excluding hydrogens is 192 g/mol. The molecule has 0 atom stereocenters. The van der Waals surface area contributed by atoms with Crippen LogP contribution >= 0.6 is 0 Å². The Bertz CT molecular complexity index is 337. The van der Waals surface area contributed by atoms with Crippen molar-refractivity contribution in [2.24, 2.45) is 5.41 Å². The highest BCUT2D eigenvalue weighted by atomic mass is 16.5. The van der Waals surface area contributed by atoms with Gasteiger partial charge in [-0.2, -0.15) is 5.10 Å². The number of esters is 1. The van der Waals surface area contributed by atoms with Crippen LogP contribution in [0.3, 0.4) is 0 Å². The second-order valence-electron chi connectivity index (χ2n) is 4.74. The zero-order chi connectivity index (χ0) is 11.5. The first-order valence-corrected chi connectivity index (χ1v) is 5.14. The van der Waals surface area contributed by atoms with Gasteiger partial charge in [-0.3, -0.25) is 5.10 Å². The van der Waals surface area contributed by atoms with Crippen LogP contribution in [0.4, 0.5) is 0 Å². The highest BCUT2D eigenvalue weighted by Gasteiger charge is 2.16.